The maximum atomic E-state index is 2.25. The molecule has 4 rings (SSSR count). The molecule has 0 spiro atoms. The van der Waals surface area contributed by atoms with Crippen LogP contribution in [0.1, 0.15) is 11.1 Å². The van der Waals surface area contributed by atoms with Crippen molar-refractivity contribution in [1.29, 1.82) is 0 Å². The Labute approximate surface area is 142 Å². The fourth-order valence-electron chi connectivity index (χ4n) is 3.04. The molecule has 0 radical (unpaired) electrons. The lowest BCUT2D eigenvalue weighted by Crippen LogP contribution is -1.82. The molecule has 4 aromatic carbocycles. The lowest BCUT2D eigenvalue weighted by atomic mass is 9.97. The summed E-state index contributed by atoms with van der Waals surface area (Å²) in [6.45, 7) is 0. The van der Waals surface area contributed by atoms with Crippen LogP contribution >= 0.6 is 0 Å². The van der Waals surface area contributed by atoms with Gasteiger partial charge in [-0.05, 0) is 39.1 Å². The zero-order chi connectivity index (χ0) is 16.2. The minimum Gasteiger partial charge on any atom is -0.0622 e. The lowest BCUT2D eigenvalue weighted by Gasteiger charge is -2.07. The number of hydrogen-bond acceptors (Lipinski definition) is 0. The molecule has 114 valence electrons. The van der Waals surface area contributed by atoms with Crippen molar-refractivity contribution in [1.82, 2.24) is 0 Å². The molecule has 0 unspecified atom stereocenters. The fraction of sp³-hybridized carbons (Fsp3) is 0. The average Bonchev–Trinajstić information content (AvgIpc) is 2.67. The first-order valence-corrected chi connectivity index (χ1v) is 8.21. The smallest absolute Gasteiger partial charge is 0.0105 e. The van der Waals surface area contributed by atoms with Gasteiger partial charge in [0, 0.05) is 0 Å². The summed E-state index contributed by atoms with van der Waals surface area (Å²) in [4.78, 5) is 0. The van der Waals surface area contributed by atoms with Crippen LogP contribution in [-0.4, -0.2) is 0 Å². The highest BCUT2D eigenvalue weighted by Crippen LogP contribution is 2.29. The molecule has 0 nitrogen and oxygen atoms in total. The summed E-state index contributed by atoms with van der Waals surface area (Å²) >= 11 is 0. The quantitative estimate of drug-likeness (QED) is 0.370. The summed E-state index contributed by atoms with van der Waals surface area (Å²) in [5, 5.41) is 2.57. The molecular formula is C24H18. The van der Waals surface area contributed by atoms with Crippen LogP contribution in [0.15, 0.2) is 97.1 Å². The van der Waals surface area contributed by atoms with Crippen molar-refractivity contribution in [3.63, 3.8) is 0 Å². The molecule has 0 heteroatoms. The summed E-state index contributed by atoms with van der Waals surface area (Å²) in [5.74, 6) is 0. The molecule has 0 aromatic heterocycles. The van der Waals surface area contributed by atoms with Crippen LogP contribution in [-0.2, 0) is 0 Å². The highest BCUT2D eigenvalue weighted by atomic mass is 14.1. The zero-order valence-corrected chi connectivity index (χ0v) is 13.4. The summed E-state index contributed by atoms with van der Waals surface area (Å²) in [6, 6.07) is 34.1. The molecule has 0 bridgehead atoms. The Morgan fingerprint density at radius 1 is 0.500 bits per heavy atom. The summed E-state index contributed by atoms with van der Waals surface area (Å²) < 4.78 is 0. The third-order valence-electron chi connectivity index (χ3n) is 4.26. The number of hydrogen-bond donors (Lipinski definition) is 0. The second kappa shape index (κ2) is 6.55. The second-order valence-electron chi connectivity index (χ2n) is 5.90. The van der Waals surface area contributed by atoms with E-state index >= 15 is 0 Å². The summed E-state index contributed by atoms with van der Waals surface area (Å²) in [5.41, 5.74) is 4.96. The van der Waals surface area contributed by atoms with E-state index < -0.39 is 0 Å². The van der Waals surface area contributed by atoms with Gasteiger partial charge in [0.05, 0.1) is 0 Å². The maximum absolute atomic E-state index is 2.25. The van der Waals surface area contributed by atoms with E-state index in [0.29, 0.717) is 0 Å². The van der Waals surface area contributed by atoms with Crippen LogP contribution in [0.4, 0.5) is 0 Å². The Morgan fingerprint density at radius 2 is 1.17 bits per heavy atom. The largest absolute Gasteiger partial charge is 0.0622 e. The van der Waals surface area contributed by atoms with Crippen molar-refractivity contribution in [3.05, 3.63) is 108 Å². The summed E-state index contributed by atoms with van der Waals surface area (Å²) in [6.07, 6.45) is 4.33. The van der Waals surface area contributed by atoms with Gasteiger partial charge in [0.1, 0.15) is 0 Å². The van der Waals surface area contributed by atoms with Crippen molar-refractivity contribution < 1.29 is 0 Å². The SMILES string of the molecule is C(=Cc1cccc(-c2cccc3ccccc23)c1)c1ccccc1. The van der Waals surface area contributed by atoms with Crippen molar-refractivity contribution >= 4 is 22.9 Å². The molecule has 0 N–H and O–H groups in total. The molecule has 0 amide bonds. The van der Waals surface area contributed by atoms with Crippen LogP contribution in [0.5, 0.6) is 0 Å². The van der Waals surface area contributed by atoms with Crippen LogP contribution in [0, 0.1) is 0 Å². The molecule has 0 aliphatic carbocycles. The van der Waals surface area contributed by atoms with E-state index in [4.69, 9.17) is 0 Å². The third kappa shape index (κ3) is 3.00. The average molecular weight is 306 g/mol. The molecule has 0 aliphatic heterocycles. The minimum atomic E-state index is 1.21. The highest BCUT2D eigenvalue weighted by molar-refractivity contribution is 5.96. The van der Waals surface area contributed by atoms with Gasteiger partial charge < -0.3 is 0 Å². The monoisotopic (exact) mass is 306 g/mol. The van der Waals surface area contributed by atoms with E-state index in [-0.39, 0.29) is 0 Å². The van der Waals surface area contributed by atoms with Gasteiger partial charge in [-0.1, -0.05) is 103 Å². The summed E-state index contributed by atoms with van der Waals surface area (Å²) in [7, 11) is 0. The maximum Gasteiger partial charge on any atom is -0.0105 e. The van der Waals surface area contributed by atoms with Gasteiger partial charge in [-0.3, -0.25) is 0 Å². The minimum absolute atomic E-state index is 1.21. The van der Waals surface area contributed by atoms with Crippen LogP contribution in [0.2, 0.25) is 0 Å². The Kier molecular flexibility index (Phi) is 3.95. The Morgan fingerprint density at radius 3 is 2.08 bits per heavy atom. The lowest BCUT2D eigenvalue weighted by molar-refractivity contribution is 1.62. The van der Waals surface area contributed by atoms with Gasteiger partial charge in [0.25, 0.3) is 0 Å². The Balaban J connectivity index is 1.73. The molecule has 0 aliphatic rings. The first-order valence-electron chi connectivity index (χ1n) is 8.21. The van der Waals surface area contributed by atoms with Gasteiger partial charge in [0.15, 0.2) is 0 Å². The molecule has 0 saturated carbocycles. The number of benzene rings is 4. The van der Waals surface area contributed by atoms with Crippen molar-refractivity contribution in [2.75, 3.05) is 0 Å². The molecule has 0 saturated heterocycles. The van der Waals surface area contributed by atoms with E-state index in [1.807, 2.05) is 6.07 Å². The van der Waals surface area contributed by atoms with Crippen LogP contribution in [0.3, 0.4) is 0 Å². The topological polar surface area (TPSA) is 0 Å². The van der Waals surface area contributed by atoms with Crippen molar-refractivity contribution in [2.45, 2.75) is 0 Å². The van der Waals surface area contributed by atoms with E-state index in [2.05, 4.69) is 103 Å². The van der Waals surface area contributed by atoms with Crippen molar-refractivity contribution in [2.24, 2.45) is 0 Å². The standard InChI is InChI=1S/C24H18/c1-2-8-19(9-3-1)16-17-20-10-6-13-22(18-20)24-15-7-12-21-11-4-5-14-23(21)24/h1-18H. The predicted octanol–water partition coefficient (Wildman–Crippen LogP) is 6.68. The molecular weight excluding hydrogens is 288 g/mol. The van der Waals surface area contributed by atoms with E-state index in [0.717, 1.165) is 0 Å². The second-order valence-corrected chi connectivity index (χ2v) is 5.90. The number of fused-ring (bicyclic) bond motifs is 1. The fourth-order valence-corrected chi connectivity index (χ4v) is 3.04. The highest BCUT2D eigenvalue weighted by Gasteiger charge is 2.03. The zero-order valence-electron chi connectivity index (χ0n) is 13.4. The normalized spacial score (nSPS) is 11.2. The van der Waals surface area contributed by atoms with Gasteiger partial charge in [-0.25, -0.2) is 0 Å². The van der Waals surface area contributed by atoms with Gasteiger partial charge in [-0.2, -0.15) is 0 Å². The first kappa shape index (κ1) is 14.5. The van der Waals surface area contributed by atoms with Gasteiger partial charge >= 0.3 is 0 Å². The molecule has 24 heavy (non-hydrogen) atoms. The Hall–Kier alpha value is -3.12. The van der Waals surface area contributed by atoms with E-state index in [9.17, 15) is 0 Å². The molecule has 0 atom stereocenters. The molecule has 0 fully saturated rings. The van der Waals surface area contributed by atoms with Gasteiger partial charge in [-0.15, -0.1) is 0 Å². The predicted molar refractivity (Wildman–Crippen MR) is 105 cm³/mol. The van der Waals surface area contributed by atoms with E-state index in [1.54, 1.807) is 0 Å². The number of rotatable bonds is 3. The first-order chi connectivity index (χ1) is 11.9. The van der Waals surface area contributed by atoms with Crippen LogP contribution < -0.4 is 0 Å². The van der Waals surface area contributed by atoms with E-state index in [1.165, 1.54) is 33.0 Å². The Bertz CT molecular complexity index is 989. The third-order valence-corrected chi connectivity index (χ3v) is 4.26. The van der Waals surface area contributed by atoms with Crippen molar-refractivity contribution in [3.8, 4) is 11.1 Å². The molecule has 4 aromatic rings. The van der Waals surface area contributed by atoms with Crippen LogP contribution in [0.25, 0.3) is 34.1 Å². The molecule has 0 heterocycles. The van der Waals surface area contributed by atoms with Gasteiger partial charge in [0.2, 0.25) is 0 Å².